The molecule has 0 aliphatic carbocycles. The van der Waals surface area contributed by atoms with E-state index in [2.05, 4.69) is 88.0 Å². The van der Waals surface area contributed by atoms with E-state index in [4.69, 9.17) is 0 Å². The zero-order valence-electron chi connectivity index (χ0n) is 15.9. The lowest BCUT2D eigenvalue weighted by molar-refractivity contribution is 0.719. The third-order valence-corrected chi connectivity index (χ3v) is 6.39. The normalized spacial score (nSPS) is 12.8. The van der Waals surface area contributed by atoms with Crippen LogP contribution in [0.3, 0.4) is 0 Å². The average molecular weight is 386 g/mol. The summed E-state index contributed by atoms with van der Waals surface area (Å²) in [6, 6.07) is 26.2. The quantitative estimate of drug-likeness (QED) is 0.410. The Hall–Kier alpha value is -2.69. The minimum atomic E-state index is 1.01. The summed E-state index contributed by atoms with van der Waals surface area (Å²) in [7, 11) is 2.01. The van der Waals surface area contributed by atoms with Gasteiger partial charge in [0, 0.05) is 32.9 Å². The Bertz CT molecular complexity index is 1100. The number of hydrogen-bond acceptors (Lipinski definition) is 3. The molecule has 1 aromatic heterocycles. The van der Waals surface area contributed by atoms with Crippen LogP contribution in [0.15, 0.2) is 82.6 Å². The van der Waals surface area contributed by atoms with Crippen molar-refractivity contribution < 1.29 is 0 Å². The Labute approximate surface area is 169 Å². The molecule has 0 spiro atoms. The van der Waals surface area contributed by atoms with Gasteiger partial charge in [-0.15, -0.1) is 0 Å². The zero-order valence-corrected chi connectivity index (χ0v) is 16.7. The summed E-state index contributed by atoms with van der Waals surface area (Å²) in [6.45, 7) is 2.03. The van der Waals surface area contributed by atoms with Crippen molar-refractivity contribution in [3.63, 3.8) is 0 Å². The van der Waals surface area contributed by atoms with E-state index in [1.165, 1.54) is 43.3 Å². The molecule has 28 heavy (non-hydrogen) atoms. The van der Waals surface area contributed by atoms with Crippen molar-refractivity contribution in [3.05, 3.63) is 72.8 Å². The lowest BCUT2D eigenvalue weighted by Gasteiger charge is -2.33. The molecule has 2 N–H and O–H groups in total. The first-order chi connectivity index (χ1) is 13.8. The molecule has 3 aromatic carbocycles. The molecule has 4 aromatic rings. The highest BCUT2D eigenvalue weighted by Crippen LogP contribution is 2.49. The number of benzene rings is 3. The maximum absolute atomic E-state index is 3.56. The predicted octanol–water partition coefficient (Wildman–Crippen LogP) is 6.05. The van der Waals surface area contributed by atoms with Gasteiger partial charge in [-0.3, -0.25) is 0 Å². The van der Waals surface area contributed by atoms with E-state index in [9.17, 15) is 0 Å². The summed E-state index contributed by atoms with van der Waals surface area (Å²) in [4.78, 5) is 8.67. The third-order valence-electron chi connectivity index (χ3n) is 5.28. The second kappa shape index (κ2) is 7.38. The number of anilines is 2. The predicted molar refractivity (Wildman–Crippen MR) is 120 cm³/mol. The van der Waals surface area contributed by atoms with Crippen LogP contribution in [-0.4, -0.2) is 25.1 Å². The van der Waals surface area contributed by atoms with Gasteiger partial charge in [0.1, 0.15) is 0 Å². The van der Waals surface area contributed by atoms with Crippen LogP contribution >= 0.6 is 11.8 Å². The summed E-state index contributed by atoms with van der Waals surface area (Å²) >= 11 is 1.87. The molecule has 0 unspecified atom stereocenters. The SMILES string of the molecule is CNCCCN1c2ccccc2Sc2cc(-c3cc4ccccc4[nH]3)ccc21. The van der Waals surface area contributed by atoms with Crippen molar-refractivity contribution in [3.8, 4) is 11.3 Å². The molecule has 5 rings (SSSR count). The molecule has 0 saturated heterocycles. The second-order valence-corrected chi connectivity index (χ2v) is 8.22. The van der Waals surface area contributed by atoms with Crippen LogP contribution in [0.25, 0.3) is 22.2 Å². The molecule has 0 amide bonds. The lowest BCUT2D eigenvalue weighted by Crippen LogP contribution is -2.24. The maximum atomic E-state index is 3.56. The highest BCUT2D eigenvalue weighted by Gasteiger charge is 2.23. The van der Waals surface area contributed by atoms with Gasteiger partial charge in [0.05, 0.1) is 11.4 Å². The van der Waals surface area contributed by atoms with Gasteiger partial charge in [-0.1, -0.05) is 48.2 Å². The molecular formula is C24H23N3S. The van der Waals surface area contributed by atoms with Gasteiger partial charge in [0.25, 0.3) is 0 Å². The van der Waals surface area contributed by atoms with Gasteiger partial charge in [0.2, 0.25) is 0 Å². The molecule has 1 aliphatic heterocycles. The van der Waals surface area contributed by atoms with E-state index in [1.807, 2.05) is 18.8 Å². The number of fused-ring (bicyclic) bond motifs is 3. The Kier molecular flexibility index (Phi) is 4.59. The fraction of sp³-hybridized carbons (Fsp3) is 0.167. The van der Waals surface area contributed by atoms with Gasteiger partial charge >= 0.3 is 0 Å². The van der Waals surface area contributed by atoms with Crippen molar-refractivity contribution in [2.75, 3.05) is 25.0 Å². The maximum Gasteiger partial charge on any atom is 0.0553 e. The Morgan fingerprint density at radius 1 is 0.893 bits per heavy atom. The lowest BCUT2D eigenvalue weighted by atomic mass is 10.1. The van der Waals surface area contributed by atoms with Gasteiger partial charge < -0.3 is 15.2 Å². The Morgan fingerprint density at radius 3 is 2.61 bits per heavy atom. The van der Waals surface area contributed by atoms with Crippen molar-refractivity contribution in [2.24, 2.45) is 0 Å². The first kappa shape index (κ1) is 17.4. The van der Waals surface area contributed by atoms with Gasteiger partial charge in [0.15, 0.2) is 0 Å². The van der Waals surface area contributed by atoms with Crippen LogP contribution in [0.5, 0.6) is 0 Å². The minimum Gasteiger partial charge on any atom is -0.355 e. The molecule has 0 bridgehead atoms. The molecule has 2 heterocycles. The number of hydrogen-bond donors (Lipinski definition) is 2. The van der Waals surface area contributed by atoms with Gasteiger partial charge in [-0.05, 0) is 62.0 Å². The largest absolute Gasteiger partial charge is 0.355 e. The topological polar surface area (TPSA) is 31.1 Å². The van der Waals surface area contributed by atoms with Crippen molar-refractivity contribution in [1.29, 1.82) is 0 Å². The number of nitrogens with one attached hydrogen (secondary N) is 2. The van der Waals surface area contributed by atoms with Crippen molar-refractivity contribution in [2.45, 2.75) is 16.2 Å². The number of aromatic nitrogens is 1. The summed E-state index contributed by atoms with van der Waals surface area (Å²) in [6.07, 6.45) is 1.11. The zero-order chi connectivity index (χ0) is 18.9. The van der Waals surface area contributed by atoms with Crippen LogP contribution < -0.4 is 10.2 Å². The van der Waals surface area contributed by atoms with E-state index in [0.717, 1.165) is 19.5 Å². The first-order valence-corrected chi connectivity index (χ1v) is 10.6. The van der Waals surface area contributed by atoms with E-state index in [0.29, 0.717) is 0 Å². The summed E-state index contributed by atoms with van der Waals surface area (Å²) in [5, 5.41) is 4.51. The van der Waals surface area contributed by atoms with Crippen molar-refractivity contribution in [1.82, 2.24) is 10.3 Å². The molecule has 4 heteroatoms. The molecule has 0 radical (unpaired) electrons. The highest BCUT2D eigenvalue weighted by atomic mass is 32.2. The average Bonchev–Trinajstić information content (AvgIpc) is 3.17. The minimum absolute atomic E-state index is 1.01. The third kappa shape index (κ3) is 3.09. The smallest absolute Gasteiger partial charge is 0.0553 e. The molecule has 0 atom stereocenters. The van der Waals surface area contributed by atoms with Crippen LogP contribution in [-0.2, 0) is 0 Å². The summed E-state index contributed by atoms with van der Waals surface area (Å²) < 4.78 is 0. The molecule has 1 aliphatic rings. The van der Waals surface area contributed by atoms with Crippen LogP contribution in [0.1, 0.15) is 6.42 Å². The molecule has 0 saturated carbocycles. The van der Waals surface area contributed by atoms with E-state index in [1.54, 1.807) is 0 Å². The first-order valence-electron chi connectivity index (χ1n) is 9.75. The van der Waals surface area contributed by atoms with Crippen molar-refractivity contribution >= 4 is 34.0 Å². The fourth-order valence-corrected chi connectivity index (χ4v) is 5.02. The Balaban J connectivity index is 1.55. The fourth-order valence-electron chi connectivity index (χ4n) is 3.88. The number of aromatic amines is 1. The molecule has 140 valence electrons. The van der Waals surface area contributed by atoms with Crippen LogP contribution in [0.2, 0.25) is 0 Å². The van der Waals surface area contributed by atoms with Crippen LogP contribution in [0.4, 0.5) is 11.4 Å². The Morgan fingerprint density at radius 2 is 1.71 bits per heavy atom. The number of para-hydroxylation sites is 2. The second-order valence-electron chi connectivity index (χ2n) is 7.13. The van der Waals surface area contributed by atoms with E-state index >= 15 is 0 Å². The number of nitrogens with zero attached hydrogens (tertiary/aromatic N) is 1. The van der Waals surface area contributed by atoms with E-state index < -0.39 is 0 Å². The number of rotatable bonds is 5. The molecule has 3 nitrogen and oxygen atoms in total. The molecule has 0 fully saturated rings. The summed E-state index contributed by atoms with van der Waals surface area (Å²) in [5.74, 6) is 0. The number of H-pyrrole nitrogens is 1. The highest BCUT2D eigenvalue weighted by molar-refractivity contribution is 7.99. The van der Waals surface area contributed by atoms with E-state index in [-0.39, 0.29) is 0 Å². The van der Waals surface area contributed by atoms with Gasteiger partial charge in [-0.25, -0.2) is 0 Å². The molecular weight excluding hydrogens is 362 g/mol. The van der Waals surface area contributed by atoms with Gasteiger partial charge in [-0.2, -0.15) is 0 Å². The standard InChI is InChI=1S/C24H23N3S/c1-25-13-6-14-27-21-9-4-5-10-23(21)28-24-16-18(11-12-22(24)27)20-15-17-7-2-3-8-19(17)26-20/h2-5,7-12,15-16,25-26H,6,13-14H2,1H3. The summed E-state index contributed by atoms with van der Waals surface area (Å²) in [5.41, 5.74) is 6.21. The van der Waals surface area contributed by atoms with Crippen LogP contribution in [0, 0.1) is 0 Å². The monoisotopic (exact) mass is 385 g/mol.